The van der Waals surface area contributed by atoms with E-state index in [1.165, 1.54) is 20.0 Å². The third-order valence-corrected chi connectivity index (χ3v) is 5.78. The van der Waals surface area contributed by atoms with E-state index in [0.717, 1.165) is 23.7 Å². The Kier molecular flexibility index (Phi) is 8.57. The first-order valence-corrected chi connectivity index (χ1v) is 11.0. The highest BCUT2D eigenvalue weighted by molar-refractivity contribution is 6.31. The van der Waals surface area contributed by atoms with Gasteiger partial charge in [-0.15, -0.1) is 0 Å². The predicted octanol–water partition coefficient (Wildman–Crippen LogP) is 4.33. The van der Waals surface area contributed by atoms with Gasteiger partial charge in [0.2, 0.25) is 5.91 Å². The number of benzene rings is 2. The third kappa shape index (κ3) is 6.36. The summed E-state index contributed by atoms with van der Waals surface area (Å²) < 4.78 is 11.0. The van der Waals surface area contributed by atoms with E-state index in [1.54, 1.807) is 18.2 Å². The summed E-state index contributed by atoms with van der Waals surface area (Å²) in [6.45, 7) is 2.96. The van der Waals surface area contributed by atoms with Gasteiger partial charge in [-0.2, -0.15) is 5.26 Å². The van der Waals surface area contributed by atoms with Gasteiger partial charge < -0.3 is 14.8 Å². The summed E-state index contributed by atoms with van der Waals surface area (Å²) in [6.07, 6.45) is 3.29. The number of halogens is 1. The molecule has 7 heteroatoms. The molecule has 0 saturated carbocycles. The van der Waals surface area contributed by atoms with Gasteiger partial charge in [0, 0.05) is 24.1 Å². The van der Waals surface area contributed by atoms with Crippen LogP contribution in [0.5, 0.6) is 11.5 Å². The van der Waals surface area contributed by atoms with Gasteiger partial charge in [-0.05, 0) is 56.1 Å². The SMILES string of the molecule is COc1cc(C#N)ccc1OCCCC(=O)NCC(c1ccccc1Cl)N1CCCC1. The molecule has 1 fully saturated rings. The Morgan fingerprint density at radius 3 is 2.71 bits per heavy atom. The van der Waals surface area contributed by atoms with E-state index in [-0.39, 0.29) is 11.9 Å². The Hall–Kier alpha value is -2.75. The van der Waals surface area contributed by atoms with Gasteiger partial charge in [-0.25, -0.2) is 0 Å². The summed E-state index contributed by atoms with van der Waals surface area (Å²) in [5.74, 6) is 1.07. The number of carbonyl (C=O) groups is 1. The third-order valence-electron chi connectivity index (χ3n) is 5.44. The summed E-state index contributed by atoms with van der Waals surface area (Å²) in [4.78, 5) is 14.8. The molecule has 164 valence electrons. The number of hydrogen-bond donors (Lipinski definition) is 1. The maximum Gasteiger partial charge on any atom is 0.220 e. The largest absolute Gasteiger partial charge is 0.493 e. The van der Waals surface area contributed by atoms with Crippen molar-refractivity contribution in [3.63, 3.8) is 0 Å². The molecule has 2 aromatic rings. The van der Waals surface area contributed by atoms with E-state index in [1.807, 2.05) is 24.3 Å². The number of nitrogens with zero attached hydrogens (tertiary/aromatic N) is 2. The Morgan fingerprint density at radius 1 is 1.23 bits per heavy atom. The van der Waals surface area contributed by atoms with Crippen molar-refractivity contribution in [2.75, 3.05) is 33.4 Å². The molecule has 0 bridgehead atoms. The highest BCUT2D eigenvalue weighted by Gasteiger charge is 2.25. The van der Waals surface area contributed by atoms with Crippen molar-refractivity contribution in [3.05, 3.63) is 58.6 Å². The summed E-state index contributed by atoms with van der Waals surface area (Å²) in [5.41, 5.74) is 1.57. The Labute approximate surface area is 188 Å². The smallest absolute Gasteiger partial charge is 0.220 e. The van der Waals surface area contributed by atoms with Crippen LogP contribution < -0.4 is 14.8 Å². The molecule has 1 unspecified atom stereocenters. The van der Waals surface area contributed by atoms with Gasteiger partial charge in [-0.3, -0.25) is 9.69 Å². The number of nitriles is 1. The van der Waals surface area contributed by atoms with Gasteiger partial charge in [-0.1, -0.05) is 29.8 Å². The van der Waals surface area contributed by atoms with Gasteiger partial charge >= 0.3 is 0 Å². The number of carbonyl (C=O) groups excluding carboxylic acids is 1. The Morgan fingerprint density at radius 2 is 2.00 bits per heavy atom. The van der Waals surface area contributed by atoms with Gasteiger partial charge in [0.25, 0.3) is 0 Å². The first kappa shape index (κ1) is 22.9. The maximum absolute atomic E-state index is 12.4. The van der Waals surface area contributed by atoms with E-state index in [2.05, 4.69) is 16.3 Å². The van der Waals surface area contributed by atoms with Crippen LogP contribution >= 0.6 is 11.6 Å². The van der Waals surface area contributed by atoms with E-state index in [4.69, 9.17) is 26.3 Å². The van der Waals surface area contributed by atoms with Crippen molar-refractivity contribution >= 4 is 17.5 Å². The molecule has 1 N–H and O–H groups in total. The molecule has 0 aromatic heterocycles. The van der Waals surface area contributed by atoms with Crippen LogP contribution in [0.25, 0.3) is 0 Å². The Balaban J connectivity index is 1.48. The van der Waals surface area contributed by atoms with Crippen LogP contribution in [0, 0.1) is 11.3 Å². The molecule has 1 saturated heterocycles. The standard InChI is InChI=1S/C24H28ClN3O3/c1-30-23-15-18(16-26)10-11-22(23)31-14-6-9-24(29)27-17-21(28-12-4-5-13-28)19-7-2-3-8-20(19)25/h2-3,7-8,10-11,15,21H,4-6,9,12-14,17H2,1H3,(H,27,29). The summed E-state index contributed by atoms with van der Waals surface area (Å²) >= 11 is 6.43. The maximum atomic E-state index is 12.4. The molecule has 1 aliphatic heterocycles. The minimum absolute atomic E-state index is 0.00774. The molecule has 31 heavy (non-hydrogen) atoms. The van der Waals surface area contributed by atoms with Gasteiger partial charge in [0.1, 0.15) is 0 Å². The molecular formula is C24H28ClN3O3. The highest BCUT2D eigenvalue weighted by Crippen LogP contribution is 2.30. The number of rotatable bonds is 10. The van der Waals surface area contributed by atoms with Crippen molar-refractivity contribution in [3.8, 4) is 17.6 Å². The van der Waals surface area contributed by atoms with Crippen molar-refractivity contribution < 1.29 is 14.3 Å². The molecule has 2 aromatic carbocycles. The van der Waals surface area contributed by atoms with Crippen molar-refractivity contribution in [1.29, 1.82) is 5.26 Å². The van der Waals surface area contributed by atoms with Crippen LogP contribution in [-0.2, 0) is 4.79 Å². The lowest BCUT2D eigenvalue weighted by Gasteiger charge is -2.29. The lowest BCUT2D eigenvalue weighted by atomic mass is 10.1. The number of hydrogen-bond acceptors (Lipinski definition) is 5. The summed E-state index contributed by atoms with van der Waals surface area (Å²) in [7, 11) is 1.53. The number of amides is 1. The second-order valence-corrected chi connectivity index (χ2v) is 7.92. The Bertz CT molecular complexity index is 923. The summed E-state index contributed by atoms with van der Waals surface area (Å²) in [5, 5.41) is 12.8. The first-order valence-electron chi connectivity index (χ1n) is 10.6. The lowest BCUT2D eigenvalue weighted by Crippen LogP contribution is -2.37. The van der Waals surface area contributed by atoms with E-state index < -0.39 is 0 Å². The van der Waals surface area contributed by atoms with Crippen LogP contribution in [-0.4, -0.2) is 44.2 Å². The fraction of sp³-hybridized carbons (Fsp3) is 0.417. The van der Waals surface area contributed by atoms with Crippen LogP contribution in [0.3, 0.4) is 0 Å². The second-order valence-electron chi connectivity index (χ2n) is 7.51. The topological polar surface area (TPSA) is 74.6 Å². The number of methoxy groups -OCH3 is 1. The monoisotopic (exact) mass is 441 g/mol. The molecule has 1 atom stereocenters. The van der Waals surface area contributed by atoms with E-state index in [0.29, 0.717) is 43.1 Å². The first-order chi connectivity index (χ1) is 15.1. The average molecular weight is 442 g/mol. The minimum atomic E-state index is -0.00774. The molecule has 0 aliphatic carbocycles. The highest BCUT2D eigenvalue weighted by atomic mass is 35.5. The van der Waals surface area contributed by atoms with Crippen LogP contribution in [0.4, 0.5) is 0 Å². The quantitative estimate of drug-likeness (QED) is 0.555. The fourth-order valence-electron chi connectivity index (χ4n) is 3.80. The second kappa shape index (κ2) is 11.6. The number of likely N-dealkylation sites (tertiary alicyclic amines) is 1. The van der Waals surface area contributed by atoms with Gasteiger partial charge in [0.15, 0.2) is 11.5 Å². The van der Waals surface area contributed by atoms with Crippen molar-refractivity contribution in [2.45, 2.75) is 31.7 Å². The van der Waals surface area contributed by atoms with Gasteiger partial charge in [0.05, 0.1) is 31.4 Å². The van der Waals surface area contributed by atoms with E-state index in [9.17, 15) is 4.79 Å². The molecule has 3 rings (SSSR count). The predicted molar refractivity (Wildman–Crippen MR) is 120 cm³/mol. The van der Waals surface area contributed by atoms with Crippen LogP contribution in [0.2, 0.25) is 5.02 Å². The number of ether oxygens (including phenoxy) is 2. The normalized spacial score (nSPS) is 14.6. The zero-order valence-corrected chi connectivity index (χ0v) is 18.5. The molecule has 6 nitrogen and oxygen atoms in total. The molecule has 0 spiro atoms. The van der Waals surface area contributed by atoms with Crippen LogP contribution in [0.1, 0.15) is 42.9 Å². The average Bonchev–Trinajstić information content (AvgIpc) is 3.32. The zero-order chi connectivity index (χ0) is 22.1. The lowest BCUT2D eigenvalue weighted by molar-refractivity contribution is -0.121. The molecular weight excluding hydrogens is 414 g/mol. The zero-order valence-electron chi connectivity index (χ0n) is 17.8. The molecule has 1 amide bonds. The fourth-order valence-corrected chi connectivity index (χ4v) is 4.07. The molecule has 1 aliphatic rings. The molecule has 0 radical (unpaired) electrons. The van der Waals surface area contributed by atoms with Crippen LogP contribution in [0.15, 0.2) is 42.5 Å². The molecule has 1 heterocycles. The van der Waals surface area contributed by atoms with Crippen molar-refractivity contribution in [1.82, 2.24) is 10.2 Å². The summed E-state index contributed by atoms with van der Waals surface area (Å²) in [6, 6.07) is 15.0. The number of nitrogens with one attached hydrogen (secondary N) is 1. The van der Waals surface area contributed by atoms with E-state index >= 15 is 0 Å². The van der Waals surface area contributed by atoms with Crippen molar-refractivity contribution in [2.24, 2.45) is 0 Å². The minimum Gasteiger partial charge on any atom is -0.493 e.